The minimum absolute atomic E-state index is 0.969. The van der Waals surface area contributed by atoms with E-state index in [1.807, 2.05) is 0 Å². The fraction of sp³-hybridized carbons (Fsp3) is 0.200. The summed E-state index contributed by atoms with van der Waals surface area (Å²) in [5.74, 6) is 0. The average molecular weight is 226 g/mol. The van der Waals surface area contributed by atoms with Gasteiger partial charge in [0.15, 0.2) is 0 Å². The summed E-state index contributed by atoms with van der Waals surface area (Å²) in [7, 11) is -3.51. The van der Waals surface area contributed by atoms with Gasteiger partial charge >= 0.3 is 0 Å². The monoisotopic (exact) mass is 226 g/mol. The van der Waals surface area contributed by atoms with Gasteiger partial charge in [0, 0.05) is 0 Å². The van der Waals surface area contributed by atoms with Crippen LogP contribution in [-0.2, 0) is 19.3 Å². The Morgan fingerprint density at radius 1 is 0.800 bits per heavy atom. The molecule has 2 aliphatic heterocycles. The maximum atomic E-state index is 11.9. The van der Waals surface area contributed by atoms with Gasteiger partial charge < -0.3 is 9.47 Å². The van der Waals surface area contributed by atoms with Gasteiger partial charge in [0.25, 0.3) is 0 Å². The second-order valence-electron chi connectivity index (χ2n) is 3.02. The van der Waals surface area contributed by atoms with Gasteiger partial charge in [-0.15, -0.1) is 0 Å². The molecule has 4 nitrogen and oxygen atoms in total. The van der Waals surface area contributed by atoms with Crippen LogP contribution >= 0.6 is 0 Å². The predicted molar refractivity (Wildman–Crippen MR) is 55.2 cm³/mol. The fourth-order valence-corrected chi connectivity index (χ4v) is 2.56. The van der Waals surface area contributed by atoms with E-state index in [1.54, 1.807) is 24.3 Å². The highest BCUT2D eigenvalue weighted by Crippen LogP contribution is 2.19. The molecule has 2 rings (SSSR count). The zero-order chi connectivity index (χ0) is 10.7. The standard InChI is InChI=1S/C10H10O4S/c11-15(12,9-5-1-3-7-13-9)10-6-2-4-8-14-10/h1-10H. The summed E-state index contributed by atoms with van der Waals surface area (Å²) < 4.78 is 33.8. The van der Waals surface area contributed by atoms with Crippen molar-refractivity contribution in [1.29, 1.82) is 0 Å². The van der Waals surface area contributed by atoms with E-state index in [0.29, 0.717) is 0 Å². The lowest BCUT2D eigenvalue weighted by molar-refractivity contribution is 0.213. The molecule has 2 unspecified atom stereocenters. The molecule has 0 N–H and O–H groups in total. The third-order valence-electron chi connectivity index (χ3n) is 1.99. The van der Waals surface area contributed by atoms with Crippen LogP contribution in [0.4, 0.5) is 0 Å². The first kappa shape index (κ1) is 10.0. The molecule has 15 heavy (non-hydrogen) atoms. The van der Waals surface area contributed by atoms with Crippen LogP contribution in [-0.4, -0.2) is 19.3 Å². The van der Waals surface area contributed by atoms with Crippen molar-refractivity contribution >= 4 is 9.84 Å². The molecule has 80 valence electrons. The quantitative estimate of drug-likeness (QED) is 0.711. The molecular weight excluding hydrogens is 216 g/mol. The van der Waals surface area contributed by atoms with E-state index in [0.717, 1.165) is 0 Å². The number of sulfone groups is 1. The van der Waals surface area contributed by atoms with E-state index in [-0.39, 0.29) is 0 Å². The van der Waals surface area contributed by atoms with Gasteiger partial charge in [-0.2, -0.15) is 0 Å². The molecule has 0 saturated carbocycles. The van der Waals surface area contributed by atoms with Gasteiger partial charge in [-0.25, -0.2) is 8.42 Å². The van der Waals surface area contributed by atoms with Crippen molar-refractivity contribution in [2.24, 2.45) is 0 Å². The van der Waals surface area contributed by atoms with Gasteiger partial charge in [0.05, 0.1) is 12.5 Å². The lowest BCUT2D eigenvalue weighted by Crippen LogP contribution is -2.32. The molecule has 0 amide bonds. The smallest absolute Gasteiger partial charge is 0.233 e. The van der Waals surface area contributed by atoms with Crippen LogP contribution in [0.1, 0.15) is 0 Å². The number of rotatable bonds is 2. The van der Waals surface area contributed by atoms with Gasteiger partial charge in [0.1, 0.15) is 0 Å². The zero-order valence-electron chi connectivity index (χ0n) is 7.81. The SMILES string of the molecule is O=S(=O)(C1C=CC=CO1)C1C=CC=CO1. The van der Waals surface area contributed by atoms with Crippen LogP contribution in [0.25, 0.3) is 0 Å². The molecular formula is C10H10O4S. The molecule has 0 aliphatic carbocycles. The first-order valence-electron chi connectivity index (χ1n) is 4.41. The van der Waals surface area contributed by atoms with Crippen LogP contribution in [0.3, 0.4) is 0 Å². The van der Waals surface area contributed by atoms with E-state index in [9.17, 15) is 8.42 Å². The molecule has 5 heteroatoms. The van der Waals surface area contributed by atoms with E-state index >= 15 is 0 Å². The zero-order valence-corrected chi connectivity index (χ0v) is 8.63. The molecule has 2 heterocycles. The van der Waals surface area contributed by atoms with Gasteiger partial charge in [-0.3, -0.25) is 0 Å². The van der Waals surface area contributed by atoms with E-state index in [1.165, 1.54) is 24.7 Å². The number of hydrogen-bond donors (Lipinski definition) is 0. The van der Waals surface area contributed by atoms with Crippen LogP contribution in [0, 0.1) is 0 Å². The molecule has 2 aliphatic rings. The van der Waals surface area contributed by atoms with Gasteiger partial charge in [0.2, 0.25) is 20.7 Å². The lowest BCUT2D eigenvalue weighted by Gasteiger charge is -2.21. The second kappa shape index (κ2) is 3.94. The molecule has 0 aromatic rings. The first-order valence-corrected chi connectivity index (χ1v) is 6.02. The molecule has 0 spiro atoms. The summed E-state index contributed by atoms with van der Waals surface area (Å²) in [4.78, 5) is 0. The summed E-state index contributed by atoms with van der Waals surface area (Å²) >= 11 is 0. The minimum atomic E-state index is -3.51. The van der Waals surface area contributed by atoms with Crippen molar-refractivity contribution in [3.8, 4) is 0 Å². The maximum Gasteiger partial charge on any atom is 0.233 e. The Kier molecular flexibility index (Phi) is 2.64. The summed E-state index contributed by atoms with van der Waals surface area (Å²) in [5.41, 5.74) is -1.94. The highest BCUT2D eigenvalue weighted by Gasteiger charge is 2.34. The van der Waals surface area contributed by atoms with Gasteiger partial charge in [-0.1, -0.05) is 12.2 Å². The molecule has 0 radical (unpaired) electrons. The number of hydrogen-bond acceptors (Lipinski definition) is 4. The van der Waals surface area contributed by atoms with E-state index < -0.39 is 20.7 Å². The molecule has 0 saturated heterocycles. The molecule has 0 fully saturated rings. The molecule has 0 aromatic carbocycles. The number of allylic oxidation sites excluding steroid dienone is 4. The van der Waals surface area contributed by atoms with E-state index in [4.69, 9.17) is 9.47 Å². The summed E-state index contributed by atoms with van der Waals surface area (Å²) in [5, 5.41) is 0. The Labute approximate surface area is 88.1 Å². The third-order valence-corrected chi connectivity index (χ3v) is 3.82. The summed E-state index contributed by atoms with van der Waals surface area (Å²) in [6.07, 6.45) is 12.2. The Hall–Kier alpha value is -1.49. The third kappa shape index (κ3) is 1.97. The Bertz CT molecular complexity index is 406. The normalized spacial score (nSPS) is 28.5. The van der Waals surface area contributed by atoms with Crippen molar-refractivity contribution in [2.75, 3.05) is 0 Å². The Morgan fingerprint density at radius 3 is 1.60 bits per heavy atom. The van der Waals surface area contributed by atoms with Crippen molar-refractivity contribution in [1.82, 2.24) is 0 Å². The largest absolute Gasteiger partial charge is 0.478 e. The van der Waals surface area contributed by atoms with Crippen LogP contribution in [0.5, 0.6) is 0 Å². The minimum Gasteiger partial charge on any atom is -0.478 e. The van der Waals surface area contributed by atoms with Crippen molar-refractivity contribution in [3.63, 3.8) is 0 Å². The fourth-order valence-electron chi connectivity index (χ4n) is 1.24. The molecule has 0 aromatic heterocycles. The van der Waals surface area contributed by atoms with Crippen molar-refractivity contribution in [2.45, 2.75) is 10.9 Å². The Balaban J connectivity index is 2.19. The van der Waals surface area contributed by atoms with Crippen LogP contribution in [0.2, 0.25) is 0 Å². The first-order chi connectivity index (χ1) is 7.21. The summed E-state index contributed by atoms with van der Waals surface area (Å²) in [6, 6.07) is 0. The van der Waals surface area contributed by atoms with Crippen LogP contribution < -0.4 is 0 Å². The van der Waals surface area contributed by atoms with Crippen LogP contribution in [0.15, 0.2) is 49.0 Å². The highest BCUT2D eigenvalue weighted by molar-refractivity contribution is 7.92. The summed E-state index contributed by atoms with van der Waals surface area (Å²) in [6.45, 7) is 0. The van der Waals surface area contributed by atoms with Crippen molar-refractivity contribution in [3.05, 3.63) is 49.0 Å². The maximum absolute atomic E-state index is 11.9. The second-order valence-corrected chi connectivity index (χ2v) is 5.13. The molecule has 0 bridgehead atoms. The highest BCUT2D eigenvalue weighted by atomic mass is 32.2. The average Bonchev–Trinajstić information content (AvgIpc) is 2.31. The van der Waals surface area contributed by atoms with Gasteiger partial charge in [-0.05, 0) is 24.3 Å². The molecule has 2 atom stereocenters. The number of ether oxygens (including phenoxy) is 2. The predicted octanol–water partition coefficient (Wildman–Crippen LogP) is 1.25. The van der Waals surface area contributed by atoms with Crippen molar-refractivity contribution < 1.29 is 17.9 Å². The van der Waals surface area contributed by atoms with E-state index in [2.05, 4.69) is 0 Å². The Morgan fingerprint density at radius 2 is 1.27 bits per heavy atom. The topological polar surface area (TPSA) is 52.6 Å². The lowest BCUT2D eigenvalue weighted by atomic mass is 10.4.